The number of hydrogen-bond donors (Lipinski definition) is 1. The molecular weight excluding hydrogens is 281 g/mol. The molecule has 0 saturated heterocycles. The Morgan fingerprint density at radius 2 is 1.94 bits per heavy atom. The van der Waals surface area contributed by atoms with E-state index in [4.69, 9.17) is 23.2 Å². The number of rotatable bonds is 3. The van der Waals surface area contributed by atoms with Crippen LogP contribution in [0.15, 0.2) is 29.7 Å². The van der Waals surface area contributed by atoms with Crippen LogP contribution < -0.4 is 5.32 Å². The lowest BCUT2D eigenvalue weighted by Gasteiger charge is -2.12. The third-order valence-electron chi connectivity index (χ3n) is 2.53. The molecule has 0 fully saturated rings. The van der Waals surface area contributed by atoms with Gasteiger partial charge in [-0.25, -0.2) is 8.42 Å². The van der Waals surface area contributed by atoms with Crippen LogP contribution in [0.2, 0.25) is 10.0 Å². The van der Waals surface area contributed by atoms with Crippen molar-refractivity contribution in [2.45, 2.75) is 12.6 Å². The average Bonchev–Trinajstić information content (AvgIpc) is 2.57. The summed E-state index contributed by atoms with van der Waals surface area (Å²) in [6.45, 7) is 0.447. The molecule has 0 saturated carbocycles. The molecule has 1 N–H and O–H groups in total. The van der Waals surface area contributed by atoms with Crippen LogP contribution >= 0.6 is 23.2 Å². The number of hydrogen-bond acceptors (Lipinski definition) is 3. The summed E-state index contributed by atoms with van der Waals surface area (Å²) in [5.41, 5.74) is 0.786. The van der Waals surface area contributed by atoms with Gasteiger partial charge in [0.15, 0.2) is 9.84 Å². The summed E-state index contributed by atoms with van der Waals surface area (Å²) in [4.78, 5) is 0. The largest absolute Gasteiger partial charge is 0.305 e. The normalized spacial score (nSPS) is 21.9. The quantitative estimate of drug-likeness (QED) is 0.930. The van der Waals surface area contributed by atoms with Gasteiger partial charge in [0.2, 0.25) is 0 Å². The molecule has 6 heteroatoms. The second kappa shape index (κ2) is 4.98. The van der Waals surface area contributed by atoms with Gasteiger partial charge in [0.25, 0.3) is 0 Å². The van der Waals surface area contributed by atoms with E-state index in [2.05, 4.69) is 5.32 Å². The molecule has 0 aromatic heterocycles. The second-order valence-corrected chi connectivity index (χ2v) is 6.59. The van der Waals surface area contributed by atoms with Gasteiger partial charge in [0, 0.05) is 33.6 Å². The lowest BCUT2D eigenvalue weighted by atomic mass is 10.2. The van der Waals surface area contributed by atoms with E-state index in [1.54, 1.807) is 24.3 Å². The monoisotopic (exact) mass is 291 g/mol. The van der Waals surface area contributed by atoms with Crippen LogP contribution in [0.4, 0.5) is 0 Å². The summed E-state index contributed by atoms with van der Waals surface area (Å²) >= 11 is 12.0. The predicted molar refractivity (Wildman–Crippen MR) is 70.0 cm³/mol. The van der Waals surface area contributed by atoms with E-state index in [1.165, 1.54) is 5.41 Å². The molecule has 0 radical (unpaired) electrons. The van der Waals surface area contributed by atoms with Gasteiger partial charge in [-0.1, -0.05) is 35.3 Å². The highest BCUT2D eigenvalue weighted by molar-refractivity contribution is 7.94. The van der Waals surface area contributed by atoms with Gasteiger partial charge in [0.05, 0.1) is 5.75 Å². The van der Waals surface area contributed by atoms with E-state index >= 15 is 0 Å². The molecule has 1 aromatic carbocycles. The molecule has 1 unspecified atom stereocenters. The highest BCUT2D eigenvalue weighted by Gasteiger charge is 2.21. The van der Waals surface area contributed by atoms with Crippen molar-refractivity contribution >= 4 is 33.0 Å². The van der Waals surface area contributed by atoms with Gasteiger partial charge in [-0.15, -0.1) is 0 Å². The lowest BCUT2D eigenvalue weighted by molar-refractivity contribution is 0.590. The van der Waals surface area contributed by atoms with Crippen LogP contribution in [0.1, 0.15) is 5.56 Å². The van der Waals surface area contributed by atoms with Crippen molar-refractivity contribution in [3.05, 3.63) is 45.3 Å². The van der Waals surface area contributed by atoms with Crippen molar-refractivity contribution in [1.29, 1.82) is 0 Å². The van der Waals surface area contributed by atoms with Gasteiger partial charge in [-0.3, -0.25) is 0 Å². The summed E-state index contributed by atoms with van der Waals surface area (Å²) in [6, 6.07) is 5.11. The summed E-state index contributed by atoms with van der Waals surface area (Å²) in [5, 5.41) is 5.49. The van der Waals surface area contributed by atoms with Crippen LogP contribution in [-0.2, 0) is 16.4 Å². The Morgan fingerprint density at radius 1 is 1.29 bits per heavy atom. The van der Waals surface area contributed by atoms with Crippen LogP contribution in [0, 0.1) is 0 Å². The molecule has 0 aliphatic carbocycles. The summed E-state index contributed by atoms with van der Waals surface area (Å²) in [6.07, 6.45) is 1.64. The van der Waals surface area contributed by atoms with Crippen molar-refractivity contribution in [2.24, 2.45) is 0 Å². The molecule has 1 aliphatic heterocycles. The topological polar surface area (TPSA) is 46.2 Å². The first-order valence-electron chi connectivity index (χ1n) is 5.05. The number of sulfone groups is 1. The second-order valence-electron chi connectivity index (χ2n) is 3.85. The van der Waals surface area contributed by atoms with Crippen molar-refractivity contribution < 1.29 is 8.42 Å². The molecule has 1 atom stereocenters. The fraction of sp³-hybridized carbons (Fsp3) is 0.273. The number of benzene rings is 1. The molecule has 92 valence electrons. The maximum Gasteiger partial charge on any atom is 0.173 e. The van der Waals surface area contributed by atoms with E-state index in [-0.39, 0.29) is 11.8 Å². The number of nitrogens with one attached hydrogen (secondary N) is 1. The van der Waals surface area contributed by atoms with Crippen LogP contribution in [0.25, 0.3) is 0 Å². The Morgan fingerprint density at radius 3 is 2.47 bits per heavy atom. The molecule has 1 aromatic rings. The Hall–Kier alpha value is -0.550. The fourth-order valence-corrected chi connectivity index (χ4v) is 3.44. The van der Waals surface area contributed by atoms with Crippen LogP contribution in [-0.4, -0.2) is 20.2 Å². The highest BCUT2D eigenvalue weighted by atomic mass is 35.5. The third-order valence-corrected chi connectivity index (χ3v) is 4.64. The van der Waals surface area contributed by atoms with Gasteiger partial charge in [-0.05, 0) is 12.1 Å². The summed E-state index contributed by atoms with van der Waals surface area (Å²) < 4.78 is 22.4. The van der Waals surface area contributed by atoms with E-state index in [9.17, 15) is 8.42 Å². The zero-order valence-electron chi connectivity index (χ0n) is 8.86. The van der Waals surface area contributed by atoms with Gasteiger partial charge >= 0.3 is 0 Å². The first kappa shape index (κ1) is 12.9. The summed E-state index contributed by atoms with van der Waals surface area (Å²) in [5.74, 6) is 0.0923. The molecule has 2 rings (SSSR count). The van der Waals surface area contributed by atoms with E-state index in [1.807, 2.05) is 0 Å². The first-order chi connectivity index (χ1) is 7.98. The molecule has 17 heavy (non-hydrogen) atoms. The molecule has 0 amide bonds. The summed E-state index contributed by atoms with van der Waals surface area (Å²) in [7, 11) is -3.03. The van der Waals surface area contributed by atoms with Gasteiger partial charge in [0.1, 0.15) is 0 Å². The zero-order chi connectivity index (χ0) is 12.5. The molecule has 3 nitrogen and oxygen atoms in total. The van der Waals surface area contributed by atoms with Crippen LogP contribution in [0.3, 0.4) is 0 Å². The SMILES string of the molecule is O=S1(=O)C=CC(NCc2c(Cl)cccc2Cl)C1. The van der Waals surface area contributed by atoms with Crippen molar-refractivity contribution in [2.75, 3.05) is 5.75 Å². The first-order valence-corrected chi connectivity index (χ1v) is 7.52. The Bertz CT molecular complexity index is 534. The highest BCUT2D eigenvalue weighted by Crippen LogP contribution is 2.24. The standard InChI is InChI=1S/C11H11Cl2NO2S/c12-10-2-1-3-11(13)9(10)6-14-8-4-5-17(15,16)7-8/h1-5,8,14H,6-7H2. The van der Waals surface area contributed by atoms with Crippen molar-refractivity contribution in [3.63, 3.8) is 0 Å². The maximum absolute atomic E-state index is 11.2. The maximum atomic E-state index is 11.2. The lowest BCUT2D eigenvalue weighted by Crippen LogP contribution is -2.29. The minimum atomic E-state index is -3.03. The smallest absolute Gasteiger partial charge is 0.173 e. The molecule has 1 heterocycles. The predicted octanol–water partition coefficient (Wildman–Crippen LogP) is 2.39. The van der Waals surface area contributed by atoms with E-state index in [0.29, 0.717) is 16.6 Å². The zero-order valence-corrected chi connectivity index (χ0v) is 11.2. The minimum Gasteiger partial charge on any atom is -0.305 e. The average molecular weight is 292 g/mol. The Labute approximate surface area is 110 Å². The minimum absolute atomic E-state index is 0.0923. The Kier molecular flexibility index (Phi) is 3.78. The molecule has 1 aliphatic rings. The van der Waals surface area contributed by atoms with Crippen molar-refractivity contribution in [3.8, 4) is 0 Å². The molecular formula is C11H11Cl2NO2S. The van der Waals surface area contributed by atoms with Gasteiger partial charge in [-0.2, -0.15) is 0 Å². The third kappa shape index (κ3) is 3.22. The Balaban J connectivity index is 2.02. The number of halogens is 2. The van der Waals surface area contributed by atoms with Crippen molar-refractivity contribution in [1.82, 2.24) is 5.32 Å². The van der Waals surface area contributed by atoms with Gasteiger partial charge < -0.3 is 5.32 Å². The molecule has 0 bridgehead atoms. The van der Waals surface area contributed by atoms with E-state index in [0.717, 1.165) is 5.56 Å². The van der Waals surface area contributed by atoms with E-state index < -0.39 is 9.84 Å². The fourth-order valence-electron chi connectivity index (χ4n) is 1.64. The molecule has 0 spiro atoms. The van der Waals surface area contributed by atoms with Crippen LogP contribution in [0.5, 0.6) is 0 Å².